The third kappa shape index (κ3) is 4.76. The number of benzene rings is 4. The Kier molecular flexibility index (Phi) is 5.96. The van der Waals surface area contributed by atoms with Crippen molar-refractivity contribution in [2.24, 2.45) is 4.99 Å². The Morgan fingerprint density at radius 1 is 0.882 bits per heavy atom. The lowest BCUT2D eigenvalue weighted by molar-refractivity contribution is 0.601. The second-order valence-electron chi connectivity index (χ2n) is 7.80. The number of nitrogens with zero attached hydrogens (tertiary/aromatic N) is 2. The molecule has 0 radical (unpaired) electrons. The van der Waals surface area contributed by atoms with Crippen LogP contribution in [0, 0.1) is 6.92 Å². The number of nitrogens with one attached hydrogen (secondary N) is 1. The first-order valence-electron chi connectivity index (χ1n) is 10.7. The van der Waals surface area contributed by atoms with E-state index in [0.29, 0.717) is 16.9 Å². The van der Waals surface area contributed by atoms with E-state index in [1.54, 1.807) is 42.6 Å². The van der Waals surface area contributed by atoms with Crippen LogP contribution in [0.25, 0.3) is 20.8 Å². The van der Waals surface area contributed by atoms with Crippen molar-refractivity contribution >= 4 is 49.2 Å². The molecule has 0 unspecified atom stereocenters. The highest BCUT2D eigenvalue weighted by molar-refractivity contribution is 7.92. The Labute approximate surface area is 202 Å². The Morgan fingerprint density at radius 2 is 1.62 bits per heavy atom. The summed E-state index contributed by atoms with van der Waals surface area (Å²) in [5.74, 6) is 0. The van der Waals surface area contributed by atoms with Crippen LogP contribution in [0.3, 0.4) is 0 Å². The molecule has 0 saturated heterocycles. The van der Waals surface area contributed by atoms with Crippen LogP contribution in [0.5, 0.6) is 0 Å². The van der Waals surface area contributed by atoms with Crippen molar-refractivity contribution in [3.05, 3.63) is 108 Å². The number of fused-ring (bicyclic) bond motifs is 1. The van der Waals surface area contributed by atoms with Crippen LogP contribution < -0.4 is 4.72 Å². The van der Waals surface area contributed by atoms with Crippen LogP contribution in [-0.4, -0.2) is 19.6 Å². The van der Waals surface area contributed by atoms with Gasteiger partial charge < -0.3 is 0 Å². The molecule has 4 aromatic carbocycles. The lowest BCUT2D eigenvalue weighted by atomic mass is 10.1. The molecule has 0 aliphatic carbocycles. The van der Waals surface area contributed by atoms with Crippen molar-refractivity contribution in [2.45, 2.75) is 11.8 Å². The zero-order valence-corrected chi connectivity index (χ0v) is 20.0. The number of para-hydroxylation sites is 1. The topological polar surface area (TPSA) is 71.4 Å². The van der Waals surface area contributed by atoms with Gasteiger partial charge in [0.25, 0.3) is 10.0 Å². The van der Waals surface area contributed by atoms with E-state index in [-0.39, 0.29) is 4.90 Å². The van der Waals surface area contributed by atoms with Crippen molar-refractivity contribution in [3.63, 3.8) is 0 Å². The molecule has 0 amide bonds. The van der Waals surface area contributed by atoms with Gasteiger partial charge in [0.2, 0.25) is 0 Å². The fourth-order valence-corrected chi connectivity index (χ4v) is 5.55. The molecular weight excluding hydrogens is 462 g/mol. The molecule has 0 fully saturated rings. The van der Waals surface area contributed by atoms with Crippen LogP contribution >= 0.6 is 11.3 Å². The summed E-state index contributed by atoms with van der Waals surface area (Å²) < 4.78 is 30.0. The van der Waals surface area contributed by atoms with Gasteiger partial charge in [-0.15, -0.1) is 11.3 Å². The van der Waals surface area contributed by atoms with Gasteiger partial charge in [-0.05, 0) is 55.0 Å². The molecule has 1 N–H and O–H groups in total. The Morgan fingerprint density at radius 3 is 2.38 bits per heavy atom. The number of hydrogen-bond acceptors (Lipinski definition) is 5. The number of anilines is 1. The van der Waals surface area contributed by atoms with E-state index < -0.39 is 10.0 Å². The molecular formula is C27H21N3O2S2. The average molecular weight is 484 g/mol. The monoisotopic (exact) mass is 483 g/mol. The molecule has 5 nitrogen and oxygen atoms in total. The molecule has 0 aliphatic rings. The molecule has 1 heterocycles. The van der Waals surface area contributed by atoms with Gasteiger partial charge >= 0.3 is 0 Å². The Balaban J connectivity index is 1.57. The number of aromatic nitrogens is 1. The SMILES string of the molecule is Cc1ccc(S(=O)(=O)Nc2ccc(N=Cc3ccccc3)cc2-c2nc3ccccc3s2)cc1. The predicted octanol–water partition coefficient (Wildman–Crippen LogP) is 6.82. The number of rotatable bonds is 6. The fraction of sp³-hybridized carbons (Fsp3) is 0.0370. The van der Waals surface area contributed by atoms with E-state index in [2.05, 4.69) is 9.71 Å². The van der Waals surface area contributed by atoms with Crippen molar-refractivity contribution in [1.82, 2.24) is 4.98 Å². The first kappa shape index (κ1) is 22.0. The molecule has 0 atom stereocenters. The third-order valence-electron chi connectivity index (χ3n) is 5.27. The molecule has 34 heavy (non-hydrogen) atoms. The van der Waals surface area contributed by atoms with E-state index in [0.717, 1.165) is 26.4 Å². The minimum atomic E-state index is -3.77. The van der Waals surface area contributed by atoms with E-state index in [1.165, 1.54) is 11.3 Å². The third-order valence-corrected chi connectivity index (χ3v) is 7.72. The molecule has 0 saturated carbocycles. The molecule has 1 aromatic heterocycles. The van der Waals surface area contributed by atoms with Crippen molar-refractivity contribution < 1.29 is 8.42 Å². The van der Waals surface area contributed by atoms with Gasteiger partial charge in [-0.2, -0.15) is 0 Å². The number of hydrogen-bond donors (Lipinski definition) is 1. The van der Waals surface area contributed by atoms with Gasteiger partial charge in [-0.25, -0.2) is 13.4 Å². The van der Waals surface area contributed by atoms with Crippen LogP contribution in [0.1, 0.15) is 11.1 Å². The predicted molar refractivity (Wildman–Crippen MR) is 141 cm³/mol. The minimum Gasteiger partial charge on any atom is -0.279 e. The van der Waals surface area contributed by atoms with E-state index >= 15 is 0 Å². The minimum absolute atomic E-state index is 0.208. The van der Waals surface area contributed by atoms with Gasteiger partial charge in [-0.3, -0.25) is 9.71 Å². The normalized spacial score (nSPS) is 11.8. The van der Waals surface area contributed by atoms with Crippen LogP contribution in [0.15, 0.2) is 107 Å². The summed E-state index contributed by atoms with van der Waals surface area (Å²) >= 11 is 1.51. The summed E-state index contributed by atoms with van der Waals surface area (Å²) in [7, 11) is -3.77. The average Bonchev–Trinajstić information content (AvgIpc) is 3.28. The van der Waals surface area contributed by atoms with Crippen molar-refractivity contribution in [2.75, 3.05) is 4.72 Å². The molecule has 168 valence electrons. The number of thiazole rings is 1. The summed E-state index contributed by atoms with van der Waals surface area (Å²) in [6, 6.07) is 29.8. The van der Waals surface area contributed by atoms with Gasteiger partial charge in [-0.1, -0.05) is 60.2 Å². The summed E-state index contributed by atoms with van der Waals surface area (Å²) in [6.07, 6.45) is 1.79. The van der Waals surface area contributed by atoms with Gasteiger partial charge in [0.15, 0.2) is 0 Å². The van der Waals surface area contributed by atoms with Crippen LogP contribution in [0.2, 0.25) is 0 Å². The summed E-state index contributed by atoms with van der Waals surface area (Å²) in [6.45, 7) is 1.92. The summed E-state index contributed by atoms with van der Waals surface area (Å²) in [5.41, 5.74) is 4.69. The second-order valence-corrected chi connectivity index (χ2v) is 10.5. The van der Waals surface area contributed by atoms with Crippen LogP contribution in [-0.2, 0) is 10.0 Å². The summed E-state index contributed by atoms with van der Waals surface area (Å²) in [5, 5.41) is 0.722. The smallest absolute Gasteiger partial charge is 0.261 e. The van der Waals surface area contributed by atoms with Crippen LogP contribution in [0.4, 0.5) is 11.4 Å². The molecule has 0 bridgehead atoms. The fourth-order valence-electron chi connectivity index (χ4n) is 3.48. The van der Waals surface area contributed by atoms with Gasteiger partial charge in [0.1, 0.15) is 5.01 Å². The number of sulfonamides is 1. The Hall–Kier alpha value is -3.81. The number of aliphatic imine (C=N–C) groups is 1. The second kappa shape index (κ2) is 9.21. The first-order chi connectivity index (χ1) is 16.5. The van der Waals surface area contributed by atoms with Crippen molar-refractivity contribution in [1.29, 1.82) is 0 Å². The highest BCUT2D eigenvalue weighted by Gasteiger charge is 2.19. The quantitative estimate of drug-likeness (QED) is 0.269. The zero-order chi connectivity index (χ0) is 23.5. The highest BCUT2D eigenvalue weighted by atomic mass is 32.2. The molecule has 0 spiro atoms. The maximum atomic E-state index is 13.1. The van der Waals surface area contributed by atoms with E-state index in [4.69, 9.17) is 4.98 Å². The maximum absolute atomic E-state index is 13.1. The molecule has 0 aliphatic heterocycles. The first-order valence-corrected chi connectivity index (χ1v) is 13.0. The largest absolute Gasteiger partial charge is 0.279 e. The standard InChI is InChI=1S/C27H21N3O2S2/c1-19-11-14-22(15-12-19)34(31,32)30-24-16-13-21(28-18-20-7-3-2-4-8-20)17-23(24)27-29-25-9-5-6-10-26(25)33-27/h2-18,30H,1H3. The highest BCUT2D eigenvalue weighted by Crippen LogP contribution is 2.37. The van der Waals surface area contributed by atoms with Crippen molar-refractivity contribution in [3.8, 4) is 10.6 Å². The number of aryl methyl sites for hydroxylation is 1. The molecule has 5 rings (SSSR count). The summed E-state index contributed by atoms with van der Waals surface area (Å²) in [4.78, 5) is 9.55. The Bertz CT molecular complexity index is 1560. The molecule has 7 heteroatoms. The maximum Gasteiger partial charge on any atom is 0.261 e. The van der Waals surface area contributed by atoms with E-state index in [9.17, 15) is 8.42 Å². The molecule has 5 aromatic rings. The van der Waals surface area contributed by atoms with Gasteiger partial charge in [0, 0.05) is 11.8 Å². The van der Waals surface area contributed by atoms with Gasteiger partial charge in [0.05, 0.1) is 26.5 Å². The lowest BCUT2D eigenvalue weighted by Gasteiger charge is -2.12. The lowest BCUT2D eigenvalue weighted by Crippen LogP contribution is -2.13. The zero-order valence-electron chi connectivity index (χ0n) is 18.3. The van der Waals surface area contributed by atoms with E-state index in [1.807, 2.05) is 67.6 Å².